The highest BCUT2D eigenvalue weighted by molar-refractivity contribution is 7.92. The van der Waals surface area contributed by atoms with E-state index >= 15 is 0 Å². The summed E-state index contributed by atoms with van der Waals surface area (Å²) in [4.78, 5) is -0.189. The topological polar surface area (TPSA) is 74.8 Å². The molecule has 120 valence electrons. The van der Waals surface area contributed by atoms with Crippen LogP contribution in [0.3, 0.4) is 0 Å². The van der Waals surface area contributed by atoms with Crippen LogP contribution in [0.25, 0.3) is 10.9 Å². The molecule has 23 heavy (non-hydrogen) atoms. The van der Waals surface area contributed by atoms with Crippen molar-refractivity contribution in [3.8, 4) is 0 Å². The van der Waals surface area contributed by atoms with E-state index in [1.807, 2.05) is 0 Å². The van der Waals surface area contributed by atoms with E-state index in [1.54, 1.807) is 6.92 Å². The van der Waals surface area contributed by atoms with Gasteiger partial charge in [0.1, 0.15) is 10.7 Å². The van der Waals surface area contributed by atoms with E-state index in [2.05, 4.69) is 14.9 Å². The highest BCUT2D eigenvalue weighted by atomic mass is 35.5. The Morgan fingerprint density at radius 3 is 2.74 bits per heavy atom. The van der Waals surface area contributed by atoms with Gasteiger partial charge in [-0.15, -0.1) is 0 Å². The molecule has 2 aromatic carbocycles. The number of aromatic nitrogens is 2. The first-order valence-corrected chi connectivity index (χ1v) is 8.64. The number of nitrogens with zero attached hydrogens (tertiary/aromatic N) is 1. The molecule has 0 saturated heterocycles. The number of rotatable bonds is 3. The Kier molecular flexibility index (Phi) is 3.95. The van der Waals surface area contributed by atoms with E-state index in [0.717, 1.165) is 6.07 Å². The van der Waals surface area contributed by atoms with Crippen molar-refractivity contribution >= 4 is 49.8 Å². The summed E-state index contributed by atoms with van der Waals surface area (Å²) in [5.41, 5.74) is 0.916. The molecule has 0 bridgehead atoms. The van der Waals surface area contributed by atoms with Crippen LogP contribution in [-0.2, 0) is 10.0 Å². The Labute approximate surface area is 141 Å². The van der Waals surface area contributed by atoms with E-state index in [0.29, 0.717) is 16.6 Å². The summed E-state index contributed by atoms with van der Waals surface area (Å²) in [6, 6.07) is 6.76. The minimum atomic E-state index is -4.02. The lowest BCUT2D eigenvalue weighted by Crippen LogP contribution is -2.13. The molecule has 0 fully saturated rings. The Morgan fingerprint density at radius 1 is 1.26 bits per heavy atom. The molecule has 3 aromatic rings. The van der Waals surface area contributed by atoms with Gasteiger partial charge in [-0.1, -0.05) is 29.3 Å². The number of H-pyrrole nitrogens is 1. The van der Waals surface area contributed by atoms with Crippen LogP contribution in [0.15, 0.2) is 35.2 Å². The lowest BCUT2D eigenvalue weighted by molar-refractivity contribution is 0.601. The third-order valence-electron chi connectivity index (χ3n) is 3.25. The monoisotopic (exact) mass is 373 g/mol. The molecule has 0 saturated carbocycles. The first-order chi connectivity index (χ1) is 10.8. The standard InChI is InChI=1S/C14H10Cl2FN3O2S/c1-7-13-10(17)5-8(6-11(13)19-18-7)20-23(21,22)12-4-2-3-9(15)14(12)16/h2-6,20H,1H3,(H,18,19). The lowest BCUT2D eigenvalue weighted by atomic mass is 10.2. The molecule has 1 aromatic heterocycles. The number of sulfonamides is 1. The maximum absolute atomic E-state index is 14.1. The summed E-state index contributed by atoms with van der Waals surface area (Å²) >= 11 is 11.8. The van der Waals surface area contributed by atoms with Crippen molar-refractivity contribution in [2.75, 3.05) is 4.72 Å². The molecule has 0 atom stereocenters. The average molecular weight is 374 g/mol. The first kappa shape index (κ1) is 16.0. The maximum Gasteiger partial charge on any atom is 0.263 e. The number of nitrogens with one attached hydrogen (secondary N) is 2. The molecule has 0 aliphatic heterocycles. The second-order valence-corrected chi connectivity index (χ2v) is 7.29. The van der Waals surface area contributed by atoms with Crippen LogP contribution in [0.1, 0.15) is 5.69 Å². The van der Waals surface area contributed by atoms with Gasteiger partial charge in [0.15, 0.2) is 0 Å². The zero-order valence-corrected chi connectivity index (χ0v) is 14.0. The fourth-order valence-corrected chi connectivity index (χ4v) is 4.02. The summed E-state index contributed by atoms with van der Waals surface area (Å²) in [6.45, 7) is 1.67. The zero-order chi connectivity index (χ0) is 16.8. The van der Waals surface area contributed by atoms with Gasteiger partial charge in [0.05, 0.1) is 26.6 Å². The highest BCUT2D eigenvalue weighted by Gasteiger charge is 2.20. The van der Waals surface area contributed by atoms with Gasteiger partial charge in [-0.05, 0) is 31.2 Å². The van der Waals surface area contributed by atoms with Crippen LogP contribution in [0, 0.1) is 12.7 Å². The SMILES string of the molecule is Cc1[nH]nc2cc(NS(=O)(=O)c3cccc(Cl)c3Cl)cc(F)c12. The first-order valence-electron chi connectivity index (χ1n) is 6.40. The summed E-state index contributed by atoms with van der Waals surface area (Å²) < 4.78 is 41.2. The maximum atomic E-state index is 14.1. The van der Waals surface area contributed by atoms with Crippen molar-refractivity contribution < 1.29 is 12.8 Å². The molecule has 1 heterocycles. The normalized spacial score (nSPS) is 11.8. The van der Waals surface area contributed by atoms with Gasteiger partial charge < -0.3 is 0 Å². The van der Waals surface area contributed by atoms with E-state index in [-0.39, 0.29) is 20.6 Å². The largest absolute Gasteiger partial charge is 0.282 e. The minimum Gasteiger partial charge on any atom is -0.282 e. The number of aromatic amines is 1. The van der Waals surface area contributed by atoms with E-state index in [4.69, 9.17) is 23.2 Å². The predicted octanol–water partition coefficient (Wildman–Crippen LogP) is 4.12. The molecule has 0 aliphatic rings. The molecule has 2 N–H and O–H groups in total. The number of hydrogen-bond acceptors (Lipinski definition) is 3. The highest BCUT2D eigenvalue weighted by Crippen LogP contribution is 2.31. The van der Waals surface area contributed by atoms with Crippen molar-refractivity contribution in [3.05, 3.63) is 51.9 Å². The van der Waals surface area contributed by atoms with Gasteiger partial charge in [-0.3, -0.25) is 9.82 Å². The van der Waals surface area contributed by atoms with Gasteiger partial charge in [0, 0.05) is 5.69 Å². The Bertz CT molecular complexity index is 1020. The molecule has 5 nitrogen and oxygen atoms in total. The second-order valence-electron chi connectivity index (χ2n) is 4.86. The fourth-order valence-electron chi connectivity index (χ4n) is 2.21. The van der Waals surface area contributed by atoms with E-state index in [9.17, 15) is 12.8 Å². The number of hydrogen-bond donors (Lipinski definition) is 2. The van der Waals surface area contributed by atoms with Crippen LogP contribution in [0.5, 0.6) is 0 Å². The van der Waals surface area contributed by atoms with Crippen molar-refractivity contribution in [3.63, 3.8) is 0 Å². The predicted molar refractivity (Wildman–Crippen MR) is 88.1 cm³/mol. The molecular formula is C14H10Cl2FN3O2S. The van der Waals surface area contributed by atoms with Crippen LogP contribution >= 0.6 is 23.2 Å². The third kappa shape index (κ3) is 2.87. The van der Waals surface area contributed by atoms with Gasteiger partial charge in [-0.25, -0.2) is 12.8 Å². The molecule has 0 spiro atoms. The van der Waals surface area contributed by atoms with Crippen LogP contribution in [0.4, 0.5) is 10.1 Å². The Hall–Kier alpha value is -1.83. The van der Waals surface area contributed by atoms with Crippen LogP contribution < -0.4 is 4.72 Å². The van der Waals surface area contributed by atoms with E-state index in [1.165, 1.54) is 24.3 Å². The molecule has 3 rings (SSSR count). The smallest absolute Gasteiger partial charge is 0.263 e. The summed E-state index contributed by atoms with van der Waals surface area (Å²) in [5, 5.41) is 6.90. The average Bonchev–Trinajstić information content (AvgIpc) is 2.83. The zero-order valence-electron chi connectivity index (χ0n) is 11.7. The minimum absolute atomic E-state index is 0.0394. The molecule has 9 heteroatoms. The number of fused-ring (bicyclic) bond motifs is 1. The third-order valence-corrected chi connectivity index (χ3v) is 5.60. The van der Waals surface area contributed by atoms with Crippen molar-refractivity contribution in [1.29, 1.82) is 0 Å². The quantitative estimate of drug-likeness (QED) is 0.724. The Balaban J connectivity index is 2.05. The van der Waals surface area contributed by atoms with E-state index < -0.39 is 15.8 Å². The molecule has 0 aliphatic carbocycles. The van der Waals surface area contributed by atoms with Crippen LogP contribution in [-0.4, -0.2) is 18.6 Å². The second kappa shape index (κ2) is 5.67. The summed E-state index contributed by atoms with van der Waals surface area (Å²) in [7, 11) is -4.02. The van der Waals surface area contributed by atoms with Gasteiger partial charge in [0.2, 0.25) is 0 Å². The number of anilines is 1. The molecule has 0 unspecified atom stereocenters. The van der Waals surface area contributed by atoms with Gasteiger partial charge in [0.25, 0.3) is 10.0 Å². The van der Waals surface area contributed by atoms with Gasteiger partial charge in [-0.2, -0.15) is 5.10 Å². The molecule has 0 amide bonds. The number of halogens is 3. The summed E-state index contributed by atoms with van der Waals surface area (Å²) in [6.07, 6.45) is 0. The fraction of sp³-hybridized carbons (Fsp3) is 0.0714. The van der Waals surface area contributed by atoms with Crippen molar-refractivity contribution in [2.24, 2.45) is 0 Å². The number of benzene rings is 2. The van der Waals surface area contributed by atoms with Crippen LogP contribution in [0.2, 0.25) is 10.0 Å². The number of aryl methyl sites for hydroxylation is 1. The van der Waals surface area contributed by atoms with Crippen molar-refractivity contribution in [2.45, 2.75) is 11.8 Å². The molecule has 0 radical (unpaired) electrons. The van der Waals surface area contributed by atoms with Gasteiger partial charge >= 0.3 is 0 Å². The Morgan fingerprint density at radius 2 is 2.00 bits per heavy atom. The van der Waals surface area contributed by atoms with Crippen molar-refractivity contribution in [1.82, 2.24) is 10.2 Å². The lowest BCUT2D eigenvalue weighted by Gasteiger charge is -2.10. The molecular weight excluding hydrogens is 364 g/mol. The summed E-state index contributed by atoms with van der Waals surface area (Å²) in [5.74, 6) is -0.580.